The van der Waals surface area contributed by atoms with Crippen molar-refractivity contribution in [2.75, 3.05) is 13.7 Å². The quantitative estimate of drug-likeness (QED) is 0.463. The Kier molecular flexibility index (Phi) is 4.70. The molecule has 0 saturated carbocycles. The lowest BCUT2D eigenvalue weighted by Gasteiger charge is -1.95. The van der Waals surface area contributed by atoms with Crippen LogP contribution in [0.2, 0.25) is 0 Å². The molecule has 3 heteroatoms. The molecule has 0 aromatic heterocycles. The van der Waals surface area contributed by atoms with E-state index in [2.05, 4.69) is 6.58 Å². The van der Waals surface area contributed by atoms with Gasteiger partial charge < -0.3 is 10.1 Å². The van der Waals surface area contributed by atoms with E-state index in [4.69, 9.17) is 10.1 Å². The van der Waals surface area contributed by atoms with Gasteiger partial charge >= 0.3 is 0 Å². The fraction of sp³-hybridized carbons (Fsp3) is 0.400. The third-order valence-electron chi connectivity index (χ3n) is 0.531. The van der Waals surface area contributed by atoms with E-state index in [1.165, 1.54) is 17.3 Å². The van der Waals surface area contributed by atoms with Gasteiger partial charge in [0.2, 0.25) is 0 Å². The smallest absolute Gasteiger partial charge is 0.0769 e. The Morgan fingerprint density at radius 1 is 2.00 bits per heavy atom. The van der Waals surface area contributed by atoms with Crippen molar-refractivity contribution in [2.45, 2.75) is 0 Å². The van der Waals surface area contributed by atoms with Crippen LogP contribution in [0.25, 0.3) is 0 Å². The highest BCUT2D eigenvalue weighted by Gasteiger charge is 1.87. The van der Waals surface area contributed by atoms with Crippen LogP contribution in [0.15, 0.2) is 11.5 Å². The van der Waals surface area contributed by atoms with Crippen molar-refractivity contribution in [3.63, 3.8) is 0 Å². The maximum absolute atomic E-state index is 6.63. The molecule has 0 aromatic rings. The SMILES string of the molecule is C=C(COC)SC=N. The van der Waals surface area contributed by atoms with Gasteiger partial charge in [0, 0.05) is 12.0 Å². The first-order valence-electron chi connectivity index (χ1n) is 2.13. The molecule has 0 aromatic carbocycles. The van der Waals surface area contributed by atoms with E-state index in [1.54, 1.807) is 7.11 Å². The van der Waals surface area contributed by atoms with Gasteiger partial charge in [0.05, 0.1) is 12.2 Å². The Hall–Kier alpha value is -0.280. The van der Waals surface area contributed by atoms with Gasteiger partial charge in [0.15, 0.2) is 0 Å². The highest BCUT2D eigenvalue weighted by atomic mass is 32.2. The standard InChI is InChI=1S/C5H9NOS/c1-5(3-7-2)8-4-6/h4,6H,1,3H2,2H3. The van der Waals surface area contributed by atoms with E-state index < -0.39 is 0 Å². The Morgan fingerprint density at radius 2 is 2.62 bits per heavy atom. The molecule has 0 unspecified atom stereocenters. The average Bonchev–Trinajstić information content (AvgIpc) is 1.68. The maximum atomic E-state index is 6.63. The molecule has 0 aliphatic carbocycles. The summed E-state index contributed by atoms with van der Waals surface area (Å²) in [5, 5.41) is 6.63. The average molecular weight is 131 g/mol. The normalized spacial score (nSPS) is 8.62. The van der Waals surface area contributed by atoms with Gasteiger partial charge in [-0.15, -0.1) is 0 Å². The number of ether oxygens (including phenoxy) is 1. The molecule has 0 aliphatic rings. The molecule has 0 aliphatic heterocycles. The van der Waals surface area contributed by atoms with E-state index in [9.17, 15) is 0 Å². The first-order valence-corrected chi connectivity index (χ1v) is 3.01. The van der Waals surface area contributed by atoms with Crippen LogP contribution in [0, 0.1) is 5.41 Å². The van der Waals surface area contributed by atoms with Crippen LogP contribution in [0.3, 0.4) is 0 Å². The van der Waals surface area contributed by atoms with E-state index >= 15 is 0 Å². The lowest BCUT2D eigenvalue weighted by atomic mass is 10.7. The summed E-state index contributed by atoms with van der Waals surface area (Å²) in [6, 6.07) is 0. The molecular weight excluding hydrogens is 122 g/mol. The maximum Gasteiger partial charge on any atom is 0.0769 e. The minimum atomic E-state index is 0.528. The van der Waals surface area contributed by atoms with E-state index in [0.717, 1.165) is 4.91 Å². The van der Waals surface area contributed by atoms with Gasteiger partial charge in [-0.3, -0.25) is 0 Å². The monoisotopic (exact) mass is 131 g/mol. The van der Waals surface area contributed by atoms with Gasteiger partial charge in [-0.2, -0.15) is 0 Å². The molecule has 0 rings (SSSR count). The zero-order chi connectivity index (χ0) is 6.41. The molecule has 8 heavy (non-hydrogen) atoms. The molecule has 0 atom stereocenters. The van der Waals surface area contributed by atoms with Crippen molar-refractivity contribution >= 4 is 17.3 Å². The van der Waals surface area contributed by atoms with E-state index in [0.29, 0.717) is 6.61 Å². The molecule has 1 N–H and O–H groups in total. The second kappa shape index (κ2) is 4.87. The predicted octanol–water partition coefficient (Wildman–Crippen LogP) is 1.49. The number of nitrogens with one attached hydrogen (secondary N) is 1. The fourth-order valence-electron chi connectivity index (χ4n) is 0.278. The summed E-state index contributed by atoms with van der Waals surface area (Å²) >= 11 is 1.28. The molecule has 0 fully saturated rings. The van der Waals surface area contributed by atoms with Crippen molar-refractivity contribution in [3.8, 4) is 0 Å². The Morgan fingerprint density at radius 3 is 3.00 bits per heavy atom. The van der Waals surface area contributed by atoms with Crippen molar-refractivity contribution in [1.82, 2.24) is 0 Å². The van der Waals surface area contributed by atoms with Crippen LogP contribution in [0.4, 0.5) is 0 Å². The third-order valence-corrected chi connectivity index (χ3v) is 1.10. The van der Waals surface area contributed by atoms with Crippen molar-refractivity contribution < 1.29 is 4.74 Å². The lowest BCUT2D eigenvalue weighted by molar-refractivity contribution is 0.232. The van der Waals surface area contributed by atoms with Crippen molar-refractivity contribution in [2.24, 2.45) is 0 Å². The largest absolute Gasteiger partial charge is 0.379 e. The number of hydrogen-bond acceptors (Lipinski definition) is 3. The van der Waals surface area contributed by atoms with Gasteiger partial charge in [0.25, 0.3) is 0 Å². The number of hydrogen-bond donors (Lipinski definition) is 1. The minimum absolute atomic E-state index is 0.528. The highest BCUT2D eigenvalue weighted by molar-refractivity contribution is 8.15. The summed E-state index contributed by atoms with van der Waals surface area (Å²) in [7, 11) is 1.61. The van der Waals surface area contributed by atoms with Crippen LogP contribution >= 0.6 is 11.8 Å². The van der Waals surface area contributed by atoms with Crippen LogP contribution in [0.5, 0.6) is 0 Å². The molecule has 0 heterocycles. The zero-order valence-corrected chi connectivity index (χ0v) is 5.62. The highest BCUT2D eigenvalue weighted by Crippen LogP contribution is 2.07. The van der Waals surface area contributed by atoms with Crippen LogP contribution in [-0.2, 0) is 4.74 Å². The van der Waals surface area contributed by atoms with Crippen molar-refractivity contribution in [1.29, 1.82) is 5.41 Å². The van der Waals surface area contributed by atoms with Gasteiger partial charge in [-0.05, 0) is 0 Å². The topological polar surface area (TPSA) is 33.1 Å². The lowest BCUT2D eigenvalue weighted by Crippen LogP contribution is -1.87. The van der Waals surface area contributed by atoms with E-state index in [1.807, 2.05) is 0 Å². The summed E-state index contributed by atoms with van der Waals surface area (Å²) < 4.78 is 4.73. The second-order valence-electron chi connectivity index (χ2n) is 1.21. The molecular formula is C5H9NOS. The van der Waals surface area contributed by atoms with Crippen LogP contribution < -0.4 is 0 Å². The second-order valence-corrected chi connectivity index (χ2v) is 2.26. The zero-order valence-electron chi connectivity index (χ0n) is 4.81. The number of methoxy groups -OCH3 is 1. The minimum Gasteiger partial charge on any atom is -0.379 e. The number of thioether (sulfide) groups is 1. The molecule has 46 valence electrons. The van der Waals surface area contributed by atoms with Crippen LogP contribution in [0.1, 0.15) is 0 Å². The molecule has 0 saturated heterocycles. The Bertz CT molecular complexity index is 92.4. The van der Waals surface area contributed by atoms with Crippen LogP contribution in [-0.4, -0.2) is 19.3 Å². The molecule has 0 radical (unpaired) electrons. The summed E-state index contributed by atoms with van der Waals surface area (Å²) in [5.74, 6) is 0. The third kappa shape index (κ3) is 3.89. The van der Waals surface area contributed by atoms with Gasteiger partial charge in [-0.1, -0.05) is 18.3 Å². The van der Waals surface area contributed by atoms with Crippen molar-refractivity contribution in [3.05, 3.63) is 11.5 Å². The molecule has 0 spiro atoms. The fourth-order valence-corrected chi connectivity index (χ4v) is 0.631. The summed E-state index contributed by atoms with van der Waals surface area (Å²) in [5.41, 5.74) is 1.24. The first-order chi connectivity index (χ1) is 3.81. The summed E-state index contributed by atoms with van der Waals surface area (Å²) in [6.45, 7) is 4.15. The summed E-state index contributed by atoms with van der Waals surface area (Å²) in [4.78, 5) is 0.863. The molecule has 0 amide bonds. The summed E-state index contributed by atoms with van der Waals surface area (Å²) in [6.07, 6.45) is 0. The van der Waals surface area contributed by atoms with Gasteiger partial charge in [0.1, 0.15) is 0 Å². The number of rotatable bonds is 4. The van der Waals surface area contributed by atoms with E-state index in [-0.39, 0.29) is 0 Å². The molecule has 2 nitrogen and oxygen atoms in total. The Labute approximate surface area is 53.4 Å². The predicted molar refractivity (Wildman–Crippen MR) is 37.4 cm³/mol. The first kappa shape index (κ1) is 7.72. The van der Waals surface area contributed by atoms with Gasteiger partial charge in [-0.25, -0.2) is 0 Å². The Balaban J connectivity index is 3.18. The molecule has 0 bridgehead atoms.